The first-order chi connectivity index (χ1) is 9.79. The minimum absolute atomic E-state index is 0.234. The van der Waals surface area contributed by atoms with Crippen LogP contribution in [0.3, 0.4) is 0 Å². The lowest BCUT2D eigenvalue weighted by atomic mass is 10.2. The molecule has 2 N–H and O–H groups in total. The summed E-state index contributed by atoms with van der Waals surface area (Å²) in [4.78, 5) is 11.7. The van der Waals surface area contributed by atoms with Gasteiger partial charge in [0.1, 0.15) is 11.9 Å². The maximum Gasteiger partial charge on any atom is 0.315 e. The van der Waals surface area contributed by atoms with Crippen molar-refractivity contribution in [2.75, 3.05) is 13.7 Å². The van der Waals surface area contributed by atoms with Gasteiger partial charge in [0.15, 0.2) is 0 Å². The number of rotatable bonds is 6. The summed E-state index contributed by atoms with van der Waals surface area (Å²) in [5, 5.41) is 5.54. The Bertz CT molecular complexity index is 511. The van der Waals surface area contributed by atoms with Crippen LogP contribution in [0.15, 0.2) is 53.1 Å². The van der Waals surface area contributed by atoms with Crippen LogP contribution in [-0.4, -0.2) is 19.7 Å². The number of ether oxygens (including phenoxy) is 1. The van der Waals surface area contributed by atoms with E-state index >= 15 is 0 Å². The summed E-state index contributed by atoms with van der Waals surface area (Å²) in [6.07, 6.45) is 1.30. The van der Waals surface area contributed by atoms with Crippen molar-refractivity contribution in [1.82, 2.24) is 10.6 Å². The molecule has 1 aromatic heterocycles. The number of nitrogens with one attached hydrogen (secondary N) is 2. The first kappa shape index (κ1) is 14.1. The van der Waals surface area contributed by atoms with Gasteiger partial charge in [0.25, 0.3) is 0 Å². The fourth-order valence-electron chi connectivity index (χ4n) is 1.80. The van der Waals surface area contributed by atoms with Crippen molar-refractivity contribution in [2.45, 2.75) is 12.6 Å². The number of methoxy groups -OCH3 is 1. The first-order valence-electron chi connectivity index (χ1n) is 6.41. The molecule has 2 aromatic rings. The predicted molar refractivity (Wildman–Crippen MR) is 75.1 cm³/mol. The molecule has 0 spiro atoms. The van der Waals surface area contributed by atoms with Crippen molar-refractivity contribution < 1.29 is 13.9 Å². The second-order valence-electron chi connectivity index (χ2n) is 4.29. The number of furan rings is 1. The zero-order chi connectivity index (χ0) is 14.2. The Balaban J connectivity index is 1.74. The molecule has 0 bridgehead atoms. The standard InChI is InChI=1S/C15H18N2O3/c1-19-14(13-8-5-9-20-13)11-17-15(18)16-10-12-6-3-2-4-7-12/h2-9,14H,10-11H2,1H3,(H2,16,17,18). The summed E-state index contributed by atoms with van der Waals surface area (Å²) in [5.41, 5.74) is 1.05. The number of amides is 2. The molecule has 0 saturated heterocycles. The largest absolute Gasteiger partial charge is 0.467 e. The maximum absolute atomic E-state index is 11.7. The minimum atomic E-state index is -0.285. The van der Waals surface area contributed by atoms with Gasteiger partial charge in [0, 0.05) is 13.7 Å². The van der Waals surface area contributed by atoms with Crippen LogP contribution in [-0.2, 0) is 11.3 Å². The van der Waals surface area contributed by atoms with Crippen molar-refractivity contribution >= 4 is 6.03 Å². The molecule has 0 saturated carbocycles. The highest BCUT2D eigenvalue weighted by Crippen LogP contribution is 2.15. The lowest BCUT2D eigenvalue weighted by Gasteiger charge is -2.14. The average molecular weight is 274 g/mol. The van der Waals surface area contributed by atoms with E-state index < -0.39 is 0 Å². The van der Waals surface area contributed by atoms with E-state index in [-0.39, 0.29) is 12.1 Å². The first-order valence-corrected chi connectivity index (χ1v) is 6.41. The highest BCUT2D eigenvalue weighted by Gasteiger charge is 2.14. The Morgan fingerprint density at radius 1 is 1.20 bits per heavy atom. The zero-order valence-electron chi connectivity index (χ0n) is 11.3. The maximum atomic E-state index is 11.7. The number of benzene rings is 1. The van der Waals surface area contributed by atoms with Crippen molar-refractivity contribution in [1.29, 1.82) is 0 Å². The summed E-state index contributed by atoms with van der Waals surface area (Å²) in [7, 11) is 1.58. The molecule has 2 amide bonds. The van der Waals surface area contributed by atoms with E-state index in [4.69, 9.17) is 9.15 Å². The molecular weight excluding hydrogens is 256 g/mol. The molecule has 0 aliphatic rings. The molecule has 106 valence electrons. The number of carbonyl (C=O) groups excluding carboxylic acids is 1. The minimum Gasteiger partial charge on any atom is -0.467 e. The molecular formula is C15H18N2O3. The Hall–Kier alpha value is -2.27. The van der Waals surface area contributed by atoms with Crippen LogP contribution < -0.4 is 10.6 Å². The Morgan fingerprint density at radius 3 is 2.65 bits per heavy atom. The van der Waals surface area contributed by atoms with E-state index in [2.05, 4.69) is 10.6 Å². The molecule has 20 heavy (non-hydrogen) atoms. The highest BCUT2D eigenvalue weighted by atomic mass is 16.5. The topological polar surface area (TPSA) is 63.5 Å². The normalized spacial score (nSPS) is 11.8. The molecule has 1 unspecified atom stereocenters. The number of carbonyl (C=O) groups is 1. The third kappa shape index (κ3) is 4.13. The molecule has 0 fully saturated rings. The van der Waals surface area contributed by atoms with Gasteiger partial charge in [-0.25, -0.2) is 4.79 Å². The Morgan fingerprint density at radius 2 is 2.00 bits per heavy atom. The van der Waals surface area contributed by atoms with Crippen molar-refractivity contribution in [2.24, 2.45) is 0 Å². The molecule has 1 heterocycles. The van der Waals surface area contributed by atoms with Gasteiger partial charge in [-0.15, -0.1) is 0 Å². The Kier molecular flexibility index (Phi) is 5.20. The fourth-order valence-corrected chi connectivity index (χ4v) is 1.80. The van der Waals surface area contributed by atoms with Gasteiger partial charge in [-0.1, -0.05) is 30.3 Å². The summed E-state index contributed by atoms with van der Waals surface area (Å²) >= 11 is 0. The monoisotopic (exact) mass is 274 g/mol. The van der Waals surface area contributed by atoms with Crippen LogP contribution in [0.4, 0.5) is 4.79 Å². The molecule has 2 rings (SSSR count). The van der Waals surface area contributed by atoms with Crippen LogP contribution in [0.5, 0.6) is 0 Å². The van der Waals surface area contributed by atoms with Crippen LogP contribution in [0.1, 0.15) is 17.4 Å². The second kappa shape index (κ2) is 7.35. The van der Waals surface area contributed by atoms with Gasteiger partial charge < -0.3 is 19.8 Å². The summed E-state index contributed by atoms with van der Waals surface area (Å²) < 4.78 is 10.5. The summed E-state index contributed by atoms with van der Waals surface area (Å²) in [5.74, 6) is 0.691. The molecule has 1 atom stereocenters. The Labute approximate surface area is 117 Å². The number of hydrogen-bond donors (Lipinski definition) is 2. The molecule has 0 aliphatic carbocycles. The molecule has 5 nitrogen and oxygen atoms in total. The van der Waals surface area contributed by atoms with Crippen molar-refractivity contribution in [3.63, 3.8) is 0 Å². The SMILES string of the molecule is COC(CNC(=O)NCc1ccccc1)c1ccco1. The second-order valence-corrected chi connectivity index (χ2v) is 4.29. The summed E-state index contributed by atoms with van der Waals surface area (Å²) in [6, 6.07) is 13.1. The van der Waals surface area contributed by atoms with E-state index in [1.165, 1.54) is 0 Å². The summed E-state index contributed by atoms with van der Waals surface area (Å²) in [6.45, 7) is 0.843. The lowest BCUT2D eigenvalue weighted by molar-refractivity contribution is 0.0850. The highest BCUT2D eigenvalue weighted by molar-refractivity contribution is 5.73. The average Bonchev–Trinajstić information content (AvgIpc) is 3.01. The van der Waals surface area contributed by atoms with E-state index in [0.717, 1.165) is 5.56 Å². The number of hydrogen-bond acceptors (Lipinski definition) is 3. The van der Waals surface area contributed by atoms with Crippen LogP contribution >= 0.6 is 0 Å². The third-order valence-corrected chi connectivity index (χ3v) is 2.89. The number of urea groups is 1. The molecule has 0 aliphatic heterocycles. The van der Waals surface area contributed by atoms with Crippen LogP contribution in [0, 0.1) is 0 Å². The van der Waals surface area contributed by atoms with E-state index in [1.54, 1.807) is 19.4 Å². The molecule has 0 radical (unpaired) electrons. The van der Waals surface area contributed by atoms with E-state index in [9.17, 15) is 4.79 Å². The third-order valence-electron chi connectivity index (χ3n) is 2.89. The van der Waals surface area contributed by atoms with Crippen LogP contribution in [0.2, 0.25) is 0 Å². The van der Waals surface area contributed by atoms with Gasteiger partial charge in [-0.3, -0.25) is 0 Å². The van der Waals surface area contributed by atoms with E-state index in [1.807, 2.05) is 36.4 Å². The van der Waals surface area contributed by atoms with Crippen LogP contribution in [0.25, 0.3) is 0 Å². The van der Waals surface area contributed by atoms with Gasteiger partial charge >= 0.3 is 6.03 Å². The zero-order valence-corrected chi connectivity index (χ0v) is 11.3. The lowest BCUT2D eigenvalue weighted by Crippen LogP contribution is -2.37. The van der Waals surface area contributed by atoms with Gasteiger partial charge in [0.05, 0.1) is 12.8 Å². The van der Waals surface area contributed by atoms with Gasteiger partial charge in [-0.05, 0) is 17.7 Å². The molecule has 1 aromatic carbocycles. The predicted octanol–water partition coefficient (Wildman–Crippen LogP) is 2.47. The van der Waals surface area contributed by atoms with Gasteiger partial charge in [-0.2, -0.15) is 0 Å². The van der Waals surface area contributed by atoms with Gasteiger partial charge in [0.2, 0.25) is 0 Å². The van der Waals surface area contributed by atoms with Crippen molar-refractivity contribution in [3.8, 4) is 0 Å². The fraction of sp³-hybridized carbons (Fsp3) is 0.267. The molecule has 5 heteroatoms. The smallest absolute Gasteiger partial charge is 0.315 e. The van der Waals surface area contributed by atoms with Crippen molar-refractivity contribution in [3.05, 3.63) is 60.1 Å². The quantitative estimate of drug-likeness (QED) is 0.850. The van der Waals surface area contributed by atoms with E-state index in [0.29, 0.717) is 18.8 Å².